The zero-order valence-electron chi connectivity index (χ0n) is 20.4. The van der Waals surface area contributed by atoms with Gasteiger partial charge in [0.25, 0.3) is 15.9 Å². The number of carbonyl (C=O) groups is 1. The van der Waals surface area contributed by atoms with Crippen LogP contribution in [0.15, 0.2) is 81.0 Å². The number of benzene rings is 3. The molecule has 37 heavy (non-hydrogen) atoms. The number of hydrogen-bond acceptors (Lipinski definition) is 5. The molecule has 0 radical (unpaired) electrons. The van der Waals surface area contributed by atoms with E-state index < -0.39 is 26.0 Å². The minimum absolute atomic E-state index is 0.0357. The van der Waals surface area contributed by atoms with E-state index in [0.717, 1.165) is 17.3 Å². The molecule has 1 aliphatic rings. The normalized spacial score (nSPS) is 15.3. The van der Waals surface area contributed by atoms with E-state index in [9.17, 15) is 21.6 Å². The lowest BCUT2D eigenvalue weighted by Crippen LogP contribution is -2.38. The van der Waals surface area contributed by atoms with Crippen LogP contribution in [0.2, 0.25) is 0 Å². The van der Waals surface area contributed by atoms with Gasteiger partial charge in [-0.3, -0.25) is 9.52 Å². The minimum atomic E-state index is -3.82. The topological polar surface area (TPSA) is 113 Å². The molecule has 0 atom stereocenters. The van der Waals surface area contributed by atoms with Gasteiger partial charge in [0.15, 0.2) is 0 Å². The second kappa shape index (κ2) is 10.9. The molecule has 8 nitrogen and oxygen atoms in total. The summed E-state index contributed by atoms with van der Waals surface area (Å²) in [5.41, 5.74) is 1.66. The number of nitrogens with one attached hydrogen (secondary N) is 2. The van der Waals surface area contributed by atoms with E-state index in [1.54, 1.807) is 37.3 Å². The molecule has 3 aromatic rings. The van der Waals surface area contributed by atoms with E-state index in [4.69, 9.17) is 0 Å². The van der Waals surface area contributed by atoms with Crippen molar-refractivity contribution >= 4 is 53.3 Å². The summed E-state index contributed by atoms with van der Waals surface area (Å²) < 4.78 is 56.5. The van der Waals surface area contributed by atoms with Gasteiger partial charge in [0.1, 0.15) is 0 Å². The van der Waals surface area contributed by atoms with Gasteiger partial charge in [-0.05, 0) is 91.9 Å². The highest BCUT2D eigenvalue weighted by Crippen LogP contribution is 2.26. The molecule has 2 N–H and O–H groups in total. The number of sulfonamides is 2. The SMILES string of the molecule is Cc1ccc(S(=O)(=O)N2CCC(C)CC2)cc1C(=O)Nc1ccc(S(=O)(=O)Nc2ccc(Br)cc2)cc1. The minimum Gasteiger partial charge on any atom is -0.322 e. The fourth-order valence-corrected chi connectivity index (χ4v) is 6.85. The summed E-state index contributed by atoms with van der Waals surface area (Å²) in [6.07, 6.45) is 1.62. The summed E-state index contributed by atoms with van der Waals surface area (Å²) in [5, 5.41) is 2.73. The van der Waals surface area contributed by atoms with Gasteiger partial charge < -0.3 is 5.32 Å². The molecule has 1 heterocycles. The zero-order valence-corrected chi connectivity index (χ0v) is 23.7. The first-order chi connectivity index (χ1) is 17.5. The predicted molar refractivity (Wildman–Crippen MR) is 148 cm³/mol. The van der Waals surface area contributed by atoms with Gasteiger partial charge in [0.05, 0.1) is 9.79 Å². The lowest BCUT2D eigenvalue weighted by atomic mass is 10.0. The molecule has 196 valence electrons. The first kappa shape index (κ1) is 27.3. The molecule has 0 bridgehead atoms. The summed E-state index contributed by atoms with van der Waals surface area (Å²) in [6.45, 7) is 4.77. The van der Waals surface area contributed by atoms with Crippen molar-refractivity contribution in [1.29, 1.82) is 0 Å². The Bertz CT molecular complexity index is 1500. The van der Waals surface area contributed by atoms with E-state index in [-0.39, 0.29) is 15.4 Å². The molecule has 11 heteroatoms. The number of halogens is 1. The Morgan fingerprint density at radius 2 is 1.43 bits per heavy atom. The van der Waals surface area contributed by atoms with E-state index >= 15 is 0 Å². The average molecular weight is 607 g/mol. The van der Waals surface area contributed by atoms with Crippen LogP contribution in [-0.2, 0) is 20.0 Å². The van der Waals surface area contributed by atoms with E-state index in [0.29, 0.717) is 35.9 Å². The van der Waals surface area contributed by atoms with Gasteiger partial charge in [-0.15, -0.1) is 0 Å². The Morgan fingerprint density at radius 1 is 0.865 bits per heavy atom. The van der Waals surface area contributed by atoms with Gasteiger partial charge in [-0.1, -0.05) is 28.9 Å². The van der Waals surface area contributed by atoms with E-state index in [1.807, 2.05) is 0 Å². The number of anilines is 2. The van der Waals surface area contributed by atoms with Crippen LogP contribution >= 0.6 is 15.9 Å². The van der Waals surface area contributed by atoms with Crippen molar-refractivity contribution in [3.05, 3.63) is 82.3 Å². The number of aryl methyl sites for hydroxylation is 1. The predicted octanol–water partition coefficient (Wildman–Crippen LogP) is 5.23. The third-order valence-corrected chi connectivity index (χ3v) is 10.2. The van der Waals surface area contributed by atoms with E-state index in [1.165, 1.54) is 40.7 Å². The molecule has 0 spiro atoms. The molecule has 1 fully saturated rings. The molecule has 1 saturated heterocycles. The molecule has 3 aromatic carbocycles. The molecule has 0 saturated carbocycles. The number of rotatable bonds is 7. The summed E-state index contributed by atoms with van der Waals surface area (Å²) in [5.74, 6) is 0.00847. The lowest BCUT2D eigenvalue weighted by Gasteiger charge is -2.29. The second-order valence-electron chi connectivity index (χ2n) is 9.15. The van der Waals surface area contributed by atoms with Crippen molar-refractivity contribution < 1.29 is 21.6 Å². The second-order valence-corrected chi connectivity index (χ2v) is 13.7. The van der Waals surface area contributed by atoms with Crippen molar-refractivity contribution in [2.75, 3.05) is 23.1 Å². The third kappa shape index (κ3) is 6.40. The summed E-state index contributed by atoms with van der Waals surface area (Å²) in [7, 11) is -7.52. The fourth-order valence-electron chi connectivity index (χ4n) is 4.03. The standard InChI is InChI=1S/C26H28BrN3O5S2/c1-18-13-15-30(16-14-18)37(34,35)24-10-3-19(2)25(17-24)26(31)28-21-8-11-23(12-9-21)36(32,33)29-22-6-4-20(27)5-7-22/h3-12,17-18,29H,13-16H2,1-2H3,(H,28,31). The van der Waals surface area contributed by atoms with Crippen LogP contribution in [0.3, 0.4) is 0 Å². The van der Waals surface area contributed by atoms with Crippen molar-refractivity contribution in [2.45, 2.75) is 36.5 Å². The highest BCUT2D eigenvalue weighted by atomic mass is 79.9. The van der Waals surface area contributed by atoms with Gasteiger partial charge in [-0.2, -0.15) is 4.31 Å². The number of hydrogen-bond donors (Lipinski definition) is 2. The van der Waals surface area contributed by atoms with Gasteiger partial charge >= 0.3 is 0 Å². The molecule has 0 aliphatic carbocycles. The molecular formula is C26H28BrN3O5S2. The van der Waals surface area contributed by atoms with Gasteiger partial charge in [-0.25, -0.2) is 16.8 Å². The smallest absolute Gasteiger partial charge is 0.261 e. The summed E-state index contributed by atoms with van der Waals surface area (Å²) in [6, 6.07) is 17.0. The maximum Gasteiger partial charge on any atom is 0.261 e. The quantitative estimate of drug-likeness (QED) is 0.383. The molecule has 0 aromatic heterocycles. The monoisotopic (exact) mass is 605 g/mol. The Balaban J connectivity index is 1.49. The number of amides is 1. The van der Waals surface area contributed by atoms with Crippen molar-refractivity contribution in [2.24, 2.45) is 5.92 Å². The van der Waals surface area contributed by atoms with Gasteiger partial charge in [0.2, 0.25) is 10.0 Å². The van der Waals surface area contributed by atoms with Crippen LogP contribution in [0.5, 0.6) is 0 Å². The molecule has 4 rings (SSSR count). The third-order valence-electron chi connectivity index (χ3n) is 6.35. The van der Waals surface area contributed by atoms with Crippen LogP contribution in [0.1, 0.15) is 35.7 Å². The van der Waals surface area contributed by atoms with Crippen molar-refractivity contribution in [3.63, 3.8) is 0 Å². The highest BCUT2D eigenvalue weighted by molar-refractivity contribution is 9.10. The first-order valence-corrected chi connectivity index (χ1v) is 15.5. The zero-order chi connectivity index (χ0) is 26.8. The Kier molecular flexibility index (Phi) is 8.08. The van der Waals surface area contributed by atoms with Crippen LogP contribution in [0, 0.1) is 12.8 Å². The van der Waals surface area contributed by atoms with Crippen LogP contribution < -0.4 is 10.0 Å². The average Bonchev–Trinajstić information content (AvgIpc) is 2.86. The Morgan fingerprint density at radius 3 is 2.05 bits per heavy atom. The van der Waals surface area contributed by atoms with Crippen LogP contribution in [0.25, 0.3) is 0 Å². The summed E-state index contributed by atoms with van der Waals surface area (Å²) in [4.78, 5) is 13.1. The van der Waals surface area contributed by atoms with Crippen LogP contribution in [0.4, 0.5) is 11.4 Å². The highest BCUT2D eigenvalue weighted by Gasteiger charge is 2.29. The Labute approximate surface area is 226 Å². The maximum atomic E-state index is 13.1. The fraction of sp³-hybridized carbons (Fsp3) is 0.269. The number of carbonyl (C=O) groups excluding carboxylic acids is 1. The van der Waals surface area contributed by atoms with E-state index in [2.05, 4.69) is 32.9 Å². The summed E-state index contributed by atoms with van der Waals surface area (Å²) >= 11 is 3.31. The molecule has 1 amide bonds. The maximum absolute atomic E-state index is 13.1. The van der Waals surface area contributed by atoms with Crippen molar-refractivity contribution in [1.82, 2.24) is 4.31 Å². The molecule has 0 unspecified atom stereocenters. The largest absolute Gasteiger partial charge is 0.322 e. The first-order valence-electron chi connectivity index (χ1n) is 11.8. The molecular weight excluding hydrogens is 578 g/mol. The van der Waals surface area contributed by atoms with Crippen molar-refractivity contribution in [3.8, 4) is 0 Å². The van der Waals surface area contributed by atoms with Crippen LogP contribution in [-0.4, -0.2) is 40.1 Å². The number of piperidine rings is 1. The number of nitrogens with zero attached hydrogens (tertiary/aromatic N) is 1. The van der Waals surface area contributed by atoms with Gasteiger partial charge in [0, 0.05) is 34.5 Å². The Hall–Kier alpha value is -2.73. The lowest BCUT2D eigenvalue weighted by molar-refractivity contribution is 0.102. The molecule has 1 aliphatic heterocycles.